The summed E-state index contributed by atoms with van der Waals surface area (Å²) in [5, 5.41) is 3.36. The summed E-state index contributed by atoms with van der Waals surface area (Å²) in [6, 6.07) is 7.73. The Balaban J connectivity index is 0.00000736. The minimum absolute atomic E-state index is 0. The Morgan fingerprint density at radius 2 is 1.50 bits per heavy atom. The number of carbonyl (C=O) groups is 2. The molecule has 2 aromatic rings. The highest BCUT2D eigenvalue weighted by molar-refractivity contribution is 5.97. The van der Waals surface area contributed by atoms with E-state index in [4.69, 9.17) is 4.74 Å². The number of hydrogen-bond acceptors (Lipinski definition) is 3. The van der Waals surface area contributed by atoms with Gasteiger partial charge in [-0.15, -0.1) is 0 Å². The molecule has 0 spiro atoms. The lowest BCUT2D eigenvalue weighted by atomic mass is 9.83. The summed E-state index contributed by atoms with van der Waals surface area (Å²) < 4.78 is 8.22. The number of carbonyl (C=O) groups excluding carboxylic acids is 2. The summed E-state index contributed by atoms with van der Waals surface area (Å²) in [5.41, 5.74) is 5.83. The fraction of sp³-hybridized carbons (Fsp3) is 0.575. The molecule has 0 aliphatic heterocycles. The van der Waals surface area contributed by atoms with Gasteiger partial charge in [-0.25, -0.2) is 4.57 Å². The van der Waals surface area contributed by atoms with Crippen molar-refractivity contribution in [3.05, 3.63) is 82.2 Å². The second kappa shape index (κ2) is 20.5. The standard InChI is InChI=1S/C40H58N2O3.BrH/c1-7-8-9-10-11-12-13-14-15-16-17-18-25-45-38-20-19-36(26-37(38)35(6)43)27-39(44)41-40(23-21-31(2)33(4)28-40)30-42-24-22-32(3)34(5)29-42;/h19-24,26,29H,7-18,25,27-28,30H2,1-6H3;1H. The normalized spacial score (nSPS) is 15.9. The number of ether oxygens (including phenoxy) is 1. The van der Waals surface area contributed by atoms with Crippen LogP contribution in [0.4, 0.5) is 0 Å². The molecule has 1 aliphatic rings. The summed E-state index contributed by atoms with van der Waals surface area (Å²) in [6.45, 7) is 13.6. The predicted molar refractivity (Wildman–Crippen MR) is 186 cm³/mol. The van der Waals surface area contributed by atoms with E-state index < -0.39 is 5.54 Å². The van der Waals surface area contributed by atoms with Gasteiger partial charge in [0.2, 0.25) is 5.91 Å². The maximum absolute atomic E-state index is 13.5. The third-order valence-electron chi connectivity index (χ3n) is 9.30. The van der Waals surface area contributed by atoms with Crippen LogP contribution in [0.25, 0.3) is 0 Å². The number of hydrogen-bond donors (Lipinski definition) is 1. The Labute approximate surface area is 290 Å². The van der Waals surface area contributed by atoms with Crippen LogP contribution in [0.1, 0.15) is 138 Å². The average Bonchev–Trinajstić information content (AvgIpc) is 3.00. The van der Waals surface area contributed by atoms with E-state index in [1.165, 1.54) is 86.5 Å². The maximum Gasteiger partial charge on any atom is 0.225 e. The Morgan fingerprint density at radius 1 is 0.870 bits per heavy atom. The monoisotopic (exact) mass is 694 g/mol. The van der Waals surface area contributed by atoms with E-state index >= 15 is 0 Å². The topological polar surface area (TPSA) is 59.3 Å². The van der Waals surface area contributed by atoms with Crippen LogP contribution in [0.2, 0.25) is 0 Å². The maximum atomic E-state index is 13.5. The molecule has 1 N–H and O–H groups in total. The summed E-state index contributed by atoms with van der Waals surface area (Å²) in [6.07, 6.45) is 25.0. The summed E-state index contributed by atoms with van der Waals surface area (Å²) in [7, 11) is 0. The minimum Gasteiger partial charge on any atom is -1.00 e. The quantitative estimate of drug-likeness (QED) is 0.101. The lowest BCUT2D eigenvalue weighted by Crippen LogP contribution is -3.00. The van der Waals surface area contributed by atoms with Crippen LogP contribution in [0.5, 0.6) is 5.75 Å². The van der Waals surface area contributed by atoms with Crippen LogP contribution in [0.15, 0.2) is 60.0 Å². The molecule has 46 heavy (non-hydrogen) atoms. The van der Waals surface area contributed by atoms with Gasteiger partial charge in [-0.3, -0.25) is 9.59 Å². The molecule has 6 heteroatoms. The number of aromatic nitrogens is 1. The Hall–Kier alpha value is -2.73. The average molecular weight is 696 g/mol. The van der Waals surface area contributed by atoms with Gasteiger partial charge in [0.05, 0.1) is 18.6 Å². The number of ketones is 1. The van der Waals surface area contributed by atoms with Crippen LogP contribution >= 0.6 is 0 Å². The van der Waals surface area contributed by atoms with Gasteiger partial charge in [-0.2, -0.15) is 0 Å². The molecule has 1 aliphatic carbocycles. The van der Waals surface area contributed by atoms with E-state index in [1.807, 2.05) is 18.2 Å². The van der Waals surface area contributed by atoms with E-state index in [1.54, 1.807) is 6.92 Å². The van der Waals surface area contributed by atoms with Gasteiger partial charge in [0.1, 0.15) is 11.3 Å². The highest BCUT2D eigenvalue weighted by Gasteiger charge is 2.36. The van der Waals surface area contributed by atoms with Crippen molar-refractivity contribution in [3.63, 3.8) is 0 Å². The molecular formula is C40H59BrN2O3. The number of rotatable bonds is 20. The lowest BCUT2D eigenvalue weighted by molar-refractivity contribution is -0.703. The first-order valence-electron chi connectivity index (χ1n) is 17.5. The zero-order valence-corrected chi connectivity index (χ0v) is 31.1. The van der Waals surface area contributed by atoms with Gasteiger partial charge in [0, 0.05) is 18.1 Å². The number of amides is 1. The molecule has 0 saturated heterocycles. The molecule has 1 amide bonds. The second-order valence-electron chi connectivity index (χ2n) is 13.5. The molecule has 1 aromatic heterocycles. The Bertz CT molecular complexity index is 1330. The van der Waals surface area contributed by atoms with Gasteiger partial charge in [0.25, 0.3) is 0 Å². The van der Waals surface area contributed by atoms with Crippen molar-refractivity contribution in [3.8, 4) is 5.75 Å². The molecule has 3 rings (SSSR count). The number of Topliss-reactive ketones (excluding diaryl/α,β-unsaturated/α-hetero) is 1. The number of nitrogens with one attached hydrogen (secondary N) is 1. The smallest absolute Gasteiger partial charge is 0.225 e. The van der Waals surface area contributed by atoms with Crippen LogP contribution < -0.4 is 31.6 Å². The van der Waals surface area contributed by atoms with Crippen molar-refractivity contribution < 1.29 is 35.9 Å². The molecule has 0 fully saturated rings. The third-order valence-corrected chi connectivity index (χ3v) is 9.30. The van der Waals surface area contributed by atoms with Crippen molar-refractivity contribution in [1.29, 1.82) is 0 Å². The van der Waals surface area contributed by atoms with Crippen molar-refractivity contribution in [2.45, 2.75) is 144 Å². The predicted octanol–water partition coefficient (Wildman–Crippen LogP) is 6.27. The van der Waals surface area contributed by atoms with Crippen molar-refractivity contribution in [2.24, 2.45) is 0 Å². The minimum atomic E-state index is -0.520. The van der Waals surface area contributed by atoms with Crippen molar-refractivity contribution in [1.82, 2.24) is 5.32 Å². The number of allylic oxidation sites excluding steroid dienone is 2. The first kappa shape index (κ1) is 39.4. The molecule has 1 unspecified atom stereocenters. The molecule has 1 aromatic carbocycles. The molecule has 0 saturated carbocycles. The molecule has 1 heterocycles. The first-order valence-corrected chi connectivity index (χ1v) is 17.5. The number of aryl methyl sites for hydroxylation is 2. The van der Waals surface area contributed by atoms with E-state index in [9.17, 15) is 9.59 Å². The third kappa shape index (κ3) is 13.2. The fourth-order valence-electron chi connectivity index (χ4n) is 6.21. The first-order chi connectivity index (χ1) is 21.6. The molecule has 254 valence electrons. The number of unbranched alkanes of at least 4 members (excludes halogenated alkanes) is 11. The highest BCUT2D eigenvalue weighted by atomic mass is 79.9. The largest absolute Gasteiger partial charge is 1.00 e. The SMILES string of the molecule is CCCCCCCCCCCCCCOc1ccc(CC(=O)NC2(C[n+]3ccc(C)c(C)c3)C=CC(C)=C(C)C2)cc1C(C)=O.[Br-]. The summed E-state index contributed by atoms with van der Waals surface area (Å²) in [5.74, 6) is 0.510. The Morgan fingerprint density at radius 3 is 2.09 bits per heavy atom. The summed E-state index contributed by atoms with van der Waals surface area (Å²) >= 11 is 0. The van der Waals surface area contributed by atoms with Crippen LogP contribution in [0.3, 0.4) is 0 Å². The van der Waals surface area contributed by atoms with Gasteiger partial charge in [-0.1, -0.05) is 107 Å². The van der Waals surface area contributed by atoms with E-state index in [0.29, 0.717) is 24.5 Å². The Kier molecular flexibility index (Phi) is 17.6. The zero-order chi connectivity index (χ0) is 32.7. The molecular weight excluding hydrogens is 636 g/mol. The van der Waals surface area contributed by atoms with E-state index in [2.05, 4.69) is 75.1 Å². The molecule has 0 radical (unpaired) electrons. The van der Waals surface area contributed by atoms with Crippen LogP contribution in [0, 0.1) is 13.8 Å². The lowest BCUT2D eigenvalue weighted by Gasteiger charge is -2.33. The van der Waals surface area contributed by atoms with E-state index in [-0.39, 0.29) is 35.1 Å². The molecule has 0 bridgehead atoms. The van der Waals surface area contributed by atoms with Gasteiger partial charge in [0.15, 0.2) is 24.7 Å². The van der Waals surface area contributed by atoms with Gasteiger partial charge < -0.3 is 27.0 Å². The number of halogens is 1. The molecule has 5 nitrogen and oxygen atoms in total. The van der Waals surface area contributed by atoms with Crippen LogP contribution in [-0.2, 0) is 17.8 Å². The number of pyridine rings is 1. The van der Waals surface area contributed by atoms with E-state index in [0.717, 1.165) is 24.8 Å². The van der Waals surface area contributed by atoms with Gasteiger partial charge in [-0.05, 0) is 64.3 Å². The van der Waals surface area contributed by atoms with Gasteiger partial charge >= 0.3 is 0 Å². The number of benzene rings is 1. The summed E-state index contributed by atoms with van der Waals surface area (Å²) in [4.78, 5) is 26.0. The molecule has 1 atom stereocenters. The van der Waals surface area contributed by atoms with Crippen LogP contribution in [-0.4, -0.2) is 23.8 Å². The highest BCUT2D eigenvalue weighted by Crippen LogP contribution is 2.28. The number of nitrogens with zero attached hydrogens (tertiary/aromatic N) is 1. The second-order valence-corrected chi connectivity index (χ2v) is 13.5. The zero-order valence-electron chi connectivity index (χ0n) is 29.5. The fourth-order valence-corrected chi connectivity index (χ4v) is 6.21. The van der Waals surface area contributed by atoms with Crippen molar-refractivity contribution in [2.75, 3.05) is 6.61 Å². The van der Waals surface area contributed by atoms with Crippen molar-refractivity contribution >= 4 is 11.7 Å².